The second-order valence-corrected chi connectivity index (χ2v) is 7.46. The Morgan fingerprint density at radius 1 is 1.19 bits per heavy atom. The van der Waals surface area contributed by atoms with Crippen molar-refractivity contribution in [3.63, 3.8) is 0 Å². The fourth-order valence-corrected chi connectivity index (χ4v) is 4.17. The molecule has 0 bridgehead atoms. The number of halogens is 1. The van der Waals surface area contributed by atoms with Crippen LogP contribution in [0.15, 0.2) is 18.6 Å². The van der Waals surface area contributed by atoms with Crippen LogP contribution in [0.5, 0.6) is 0 Å². The summed E-state index contributed by atoms with van der Waals surface area (Å²) < 4.78 is 14.8. The molecule has 2 unspecified atom stereocenters. The largest absolute Gasteiger partial charge is 0.363 e. The smallest absolute Gasteiger partial charge is 0.227 e. The second kappa shape index (κ2) is 7.25. The first-order valence-electron chi connectivity index (χ1n) is 9.59. The Balaban J connectivity index is 1.59. The van der Waals surface area contributed by atoms with E-state index in [0.29, 0.717) is 23.9 Å². The number of anilines is 3. The summed E-state index contributed by atoms with van der Waals surface area (Å²) in [5.41, 5.74) is 0.484. The molecule has 2 aromatic heterocycles. The summed E-state index contributed by atoms with van der Waals surface area (Å²) in [6.07, 6.45) is 5.98. The maximum Gasteiger partial charge on any atom is 0.227 e. The molecule has 0 aromatic carbocycles. The van der Waals surface area contributed by atoms with Crippen molar-refractivity contribution in [2.75, 3.05) is 48.4 Å². The summed E-state index contributed by atoms with van der Waals surface area (Å²) in [4.78, 5) is 23.8. The van der Waals surface area contributed by atoms with E-state index in [1.54, 1.807) is 6.20 Å². The van der Waals surface area contributed by atoms with Crippen LogP contribution in [0.4, 0.5) is 22.0 Å². The van der Waals surface area contributed by atoms with Crippen LogP contribution in [0, 0.1) is 11.7 Å². The molecule has 4 heterocycles. The molecule has 2 aliphatic rings. The Morgan fingerprint density at radius 3 is 2.78 bits per heavy atom. The van der Waals surface area contributed by atoms with Gasteiger partial charge in [0.05, 0.1) is 11.7 Å². The number of hydrogen-bond donors (Lipinski definition) is 0. The number of rotatable bonds is 4. The van der Waals surface area contributed by atoms with Crippen LogP contribution >= 0.6 is 0 Å². The van der Waals surface area contributed by atoms with Gasteiger partial charge in [0.25, 0.3) is 0 Å². The molecule has 144 valence electrons. The van der Waals surface area contributed by atoms with E-state index in [1.807, 2.05) is 32.0 Å². The molecule has 0 aliphatic carbocycles. The third-order valence-corrected chi connectivity index (χ3v) is 5.68. The van der Waals surface area contributed by atoms with Gasteiger partial charge in [-0.05, 0) is 31.2 Å². The molecule has 0 N–H and O–H groups in total. The van der Waals surface area contributed by atoms with E-state index >= 15 is 0 Å². The topological polar surface area (TPSA) is 61.3 Å². The Kier molecular flexibility index (Phi) is 4.80. The molecule has 2 aromatic rings. The van der Waals surface area contributed by atoms with Crippen molar-refractivity contribution in [2.45, 2.75) is 32.2 Å². The molecular weight excluding hydrogens is 345 g/mol. The van der Waals surface area contributed by atoms with Crippen molar-refractivity contribution < 1.29 is 4.39 Å². The van der Waals surface area contributed by atoms with E-state index < -0.39 is 0 Å². The predicted molar refractivity (Wildman–Crippen MR) is 104 cm³/mol. The lowest BCUT2D eigenvalue weighted by Gasteiger charge is -2.39. The fourth-order valence-electron chi connectivity index (χ4n) is 4.17. The zero-order chi connectivity index (χ0) is 19.0. The van der Waals surface area contributed by atoms with Crippen molar-refractivity contribution in [1.82, 2.24) is 19.9 Å². The normalized spacial score (nSPS) is 22.1. The van der Waals surface area contributed by atoms with Gasteiger partial charge in [-0.3, -0.25) is 0 Å². The Morgan fingerprint density at radius 2 is 2.00 bits per heavy atom. The minimum absolute atomic E-state index is 0.222. The number of hydrogen-bond acceptors (Lipinski definition) is 7. The maximum absolute atomic E-state index is 14.8. The molecule has 4 rings (SSSR count). The minimum atomic E-state index is -0.274. The minimum Gasteiger partial charge on any atom is -0.363 e. The number of nitrogens with zero attached hydrogens (tertiary/aromatic N) is 7. The van der Waals surface area contributed by atoms with E-state index in [2.05, 4.69) is 29.7 Å². The first-order chi connectivity index (χ1) is 13.1. The average molecular weight is 371 g/mol. The van der Waals surface area contributed by atoms with E-state index in [-0.39, 0.29) is 11.9 Å². The van der Waals surface area contributed by atoms with Crippen molar-refractivity contribution in [2.24, 2.45) is 5.92 Å². The molecule has 0 saturated carbocycles. The molecule has 8 heteroatoms. The number of fused-ring (bicyclic) bond motifs is 1. The van der Waals surface area contributed by atoms with E-state index in [0.717, 1.165) is 44.2 Å². The van der Waals surface area contributed by atoms with Crippen LogP contribution < -0.4 is 14.7 Å². The summed E-state index contributed by atoms with van der Waals surface area (Å²) in [5.74, 6) is 2.35. The highest BCUT2D eigenvalue weighted by molar-refractivity contribution is 5.47. The van der Waals surface area contributed by atoms with Crippen molar-refractivity contribution >= 4 is 17.6 Å². The molecule has 2 aliphatic heterocycles. The maximum atomic E-state index is 14.8. The van der Waals surface area contributed by atoms with Gasteiger partial charge in [0.1, 0.15) is 12.1 Å². The van der Waals surface area contributed by atoms with Gasteiger partial charge in [-0.1, -0.05) is 6.92 Å². The SMILES string of the molecule is CCc1ncnc(N2CCC3CCN(c4nccc(N(C)C)n4)CC32)c1F. The molecule has 27 heavy (non-hydrogen) atoms. The standard InChI is InChI=1S/C19H26FN7/c1-4-14-17(20)18(23-12-22-14)27-10-7-13-6-9-26(11-15(13)27)19-21-8-5-16(24-19)25(2)3/h5,8,12-13,15H,4,6-7,9-11H2,1-3H3. The summed E-state index contributed by atoms with van der Waals surface area (Å²) in [6.45, 7) is 4.46. The fraction of sp³-hybridized carbons (Fsp3) is 0.579. The van der Waals surface area contributed by atoms with Crippen LogP contribution in [-0.2, 0) is 6.42 Å². The quantitative estimate of drug-likeness (QED) is 0.816. The molecular formula is C19H26FN7. The molecule has 0 amide bonds. The highest BCUT2D eigenvalue weighted by Crippen LogP contribution is 2.36. The van der Waals surface area contributed by atoms with Gasteiger partial charge in [0.2, 0.25) is 5.95 Å². The lowest BCUT2D eigenvalue weighted by Crippen LogP contribution is -2.49. The van der Waals surface area contributed by atoms with Gasteiger partial charge in [-0.25, -0.2) is 19.3 Å². The molecule has 0 radical (unpaired) electrons. The van der Waals surface area contributed by atoms with Crippen molar-refractivity contribution in [3.8, 4) is 0 Å². The number of aromatic nitrogens is 4. The first kappa shape index (κ1) is 17.9. The number of piperidine rings is 1. The van der Waals surface area contributed by atoms with Gasteiger partial charge in [-0.2, -0.15) is 4.98 Å². The van der Waals surface area contributed by atoms with Crippen LogP contribution in [0.2, 0.25) is 0 Å². The van der Waals surface area contributed by atoms with Gasteiger partial charge < -0.3 is 14.7 Å². The Bertz CT molecular complexity index is 812. The summed E-state index contributed by atoms with van der Waals surface area (Å²) in [7, 11) is 3.94. The van der Waals surface area contributed by atoms with Gasteiger partial charge in [0, 0.05) is 39.9 Å². The third-order valence-electron chi connectivity index (χ3n) is 5.68. The van der Waals surface area contributed by atoms with Crippen molar-refractivity contribution in [1.29, 1.82) is 0 Å². The van der Waals surface area contributed by atoms with E-state index in [9.17, 15) is 4.39 Å². The van der Waals surface area contributed by atoms with E-state index in [1.165, 1.54) is 6.33 Å². The van der Waals surface area contributed by atoms with Crippen LogP contribution in [0.25, 0.3) is 0 Å². The molecule has 2 saturated heterocycles. The number of aryl methyl sites for hydroxylation is 1. The second-order valence-electron chi connectivity index (χ2n) is 7.46. The first-order valence-corrected chi connectivity index (χ1v) is 9.59. The van der Waals surface area contributed by atoms with Gasteiger partial charge in [-0.15, -0.1) is 0 Å². The zero-order valence-electron chi connectivity index (χ0n) is 16.1. The molecule has 0 spiro atoms. The van der Waals surface area contributed by atoms with Crippen LogP contribution in [0.3, 0.4) is 0 Å². The monoisotopic (exact) mass is 371 g/mol. The zero-order valence-corrected chi connectivity index (χ0v) is 16.1. The molecule has 2 fully saturated rings. The highest BCUT2D eigenvalue weighted by Gasteiger charge is 2.40. The Hall–Kier alpha value is -2.51. The average Bonchev–Trinajstić information content (AvgIpc) is 3.11. The summed E-state index contributed by atoms with van der Waals surface area (Å²) in [5, 5.41) is 0. The third kappa shape index (κ3) is 3.28. The Labute approximate surface area is 159 Å². The lowest BCUT2D eigenvalue weighted by atomic mass is 9.92. The van der Waals surface area contributed by atoms with Gasteiger partial charge in [0.15, 0.2) is 11.6 Å². The predicted octanol–water partition coefficient (Wildman–Crippen LogP) is 2.14. The van der Waals surface area contributed by atoms with E-state index in [4.69, 9.17) is 0 Å². The molecule has 2 atom stereocenters. The van der Waals surface area contributed by atoms with Crippen LogP contribution in [-0.4, -0.2) is 59.7 Å². The van der Waals surface area contributed by atoms with Crippen LogP contribution in [0.1, 0.15) is 25.5 Å². The molecule has 7 nitrogen and oxygen atoms in total. The summed E-state index contributed by atoms with van der Waals surface area (Å²) in [6, 6.07) is 2.13. The summed E-state index contributed by atoms with van der Waals surface area (Å²) >= 11 is 0. The van der Waals surface area contributed by atoms with Gasteiger partial charge >= 0.3 is 0 Å². The van der Waals surface area contributed by atoms with Crippen molar-refractivity contribution in [3.05, 3.63) is 30.1 Å². The lowest BCUT2D eigenvalue weighted by molar-refractivity contribution is 0.385. The highest BCUT2D eigenvalue weighted by atomic mass is 19.1.